The summed E-state index contributed by atoms with van der Waals surface area (Å²) in [5, 5.41) is 13.7. The minimum Gasteiger partial charge on any atom is -0.508 e. The Kier molecular flexibility index (Phi) is 3.53. The lowest BCUT2D eigenvalue weighted by Gasteiger charge is -2.52. The fourth-order valence-corrected chi connectivity index (χ4v) is 4.77. The summed E-state index contributed by atoms with van der Waals surface area (Å²) in [6, 6.07) is 6.63. The van der Waals surface area contributed by atoms with Gasteiger partial charge in [0.15, 0.2) is 0 Å². The van der Waals surface area contributed by atoms with E-state index in [9.17, 15) is 5.11 Å². The third-order valence-corrected chi connectivity index (χ3v) is 5.98. The molecule has 0 unspecified atom stereocenters. The molecule has 3 atom stereocenters. The minimum atomic E-state index is 0.308. The largest absolute Gasteiger partial charge is 0.508 e. The van der Waals surface area contributed by atoms with Crippen LogP contribution >= 0.6 is 0 Å². The Morgan fingerprint density at radius 3 is 2.80 bits per heavy atom. The Morgan fingerprint density at radius 2 is 2.10 bits per heavy atom. The topological polar surface area (TPSA) is 32.3 Å². The Hall–Kier alpha value is -1.02. The van der Waals surface area contributed by atoms with Gasteiger partial charge in [0.1, 0.15) is 5.75 Å². The molecule has 0 spiro atoms. The summed E-state index contributed by atoms with van der Waals surface area (Å²) < 4.78 is 0. The number of benzene rings is 1. The molecule has 2 bridgehead atoms. The van der Waals surface area contributed by atoms with Crippen LogP contribution in [-0.2, 0) is 6.42 Å². The quantitative estimate of drug-likeness (QED) is 0.877. The van der Waals surface area contributed by atoms with Gasteiger partial charge in [0.2, 0.25) is 0 Å². The maximum absolute atomic E-state index is 9.89. The van der Waals surface area contributed by atoms with E-state index in [0.717, 1.165) is 18.9 Å². The van der Waals surface area contributed by atoms with E-state index in [1.165, 1.54) is 30.4 Å². The van der Waals surface area contributed by atoms with Crippen LogP contribution < -0.4 is 5.32 Å². The van der Waals surface area contributed by atoms with Crippen molar-refractivity contribution in [2.24, 2.45) is 11.3 Å². The maximum Gasteiger partial charge on any atom is 0.115 e. The zero-order valence-electron chi connectivity index (χ0n) is 12.9. The summed E-state index contributed by atoms with van der Waals surface area (Å²) in [6.07, 6.45) is 4.82. The van der Waals surface area contributed by atoms with Gasteiger partial charge in [-0.2, -0.15) is 0 Å². The summed E-state index contributed by atoms with van der Waals surface area (Å²) in [4.78, 5) is 0. The number of rotatable bonds is 3. The van der Waals surface area contributed by atoms with E-state index in [0.29, 0.717) is 23.1 Å². The van der Waals surface area contributed by atoms with Crippen LogP contribution in [0.2, 0.25) is 0 Å². The second kappa shape index (κ2) is 5.07. The molecule has 2 aliphatic rings. The van der Waals surface area contributed by atoms with Crippen molar-refractivity contribution in [2.45, 2.75) is 58.4 Å². The van der Waals surface area contributed by atoms with Crippen LogP contribution in [0.25, 0.3) is 0 Å². The number of phenolic OH excluding ortho intramolecular Hbond substituents is 1. The molecule has 0 amide bonds. The first-order valence-electron chi connectivity index (χ1n) is 8.13. The SMILES string of the molecule is CCC(CC)[C@]1(C)CN[C@@H]2Cc3ccc(O)cc3[C@@H]1C2. The summed E-state index contributed by atoms with van der Waals surface area (Å²) in [6.45, 7) is 8.21. The van der Waals surface area contributed by atoms with Crippen LogP contribution in [0.15, 0.2) is 18.2 Å². The molecular formula is C18H27NO. The Balaban J connectivity index is 2.05. The summed E-state index contributed by atoms with van der Waals surface area (Å²) >= 11 is 0. The molecule has 2 nitrogen and oxygen atoms in total. The maximum atomic E-state index is 9.89. The molecule has 1 saturated heterocycles. The highest BCUT2D eigenvalue weighted by molar-refractivity contribution is 5.41. The molecule has 1 aliphatic carbocycles. The summed E-state index contributed by atoms with van der Waals surface area (Å²) in [7, 11) is 0. The van der Waals surface area contributed by atoms with Gasteiger partial charge in [-0.25, -0.2) is 0 Å². The van der Waals surface area contributed by atoms with Crippen molar-refractivity contribution in [3.05, 3.63) is 29.3 Å². The molecule has 1 aliphatic heterocycles. The zero-order valence-corrected chi connectivity index (χ0v) is 12.9. The number of fused-ring (bicyclic) bond motifs is 4. The molecule has 2 heteroatoms. The normalized spacial score (nSPS) is 32.2. The van der Waals surface area contributed by atoms with Gasteiger partial charge in [0.25, 0.3) is 0 Å². The van der Waals surface area contributed by atoms with Crippen molar-refractivity contribution in [3.63, 3.8) is 0 Å². The fourth-order valence-electron chi connectivity index (χ4n) is 4.77. The van der Waals surface area contributed by atoms with E-state index in [-0.39, 0.29) is 0 Å². The predicted octanol–water partition coefficient (Wildman–Crippen LogP) is 3.84. The fraction of sp³-hybridized carbons (Fsp3) is 0.667. The van der Waals surface area contributed by atoms with Gasteiger partial charge in [-0.3, -0.25) is 0 Å². The summed E-state index contributed by atoms with van der Waals surface area (Å²) in [5.41, 5.74) is 3.16. The number of hydrogen-bond acceptors (Lipinski definition) is 2. The Morgan fingerprint density at radius 1 is 1.35 bits per heavy atom. The molecule has 0 radical (unpaired) electrons. The standard InChI is InChI=1S/C18H27NO/c1-4-13(5-2)18(3)11-19-14-8-12-6-7-15(20)10-16(12)17(18)9-14/h6-7,10,13-14,17,19-20H,4-5,8-9,11H2,1-3H3/t14-,17+,18+/m1/s1. The molecule has 3 rings (SSSR count). The van der Waals surface area contributed by atoms with Gasteiger partial charge in [-0.05, 0) is 53.4 Å². The number of nitrogens with one attached hydrogen (secondary N) is 1. The molecular weight excluding hydrogens is 246 g/mol. The number of aromatic hydroxyl groups is 1. The molecule has 2 N–H and O–H groups in total. The molecule has 1 heterocycles. The van der Waals surface area contributed by atoms with Crippen molar-refractivity contribution < 1.29 is 5.11 Å². The molecule has 0 aromatic heterocycles. The average Bonchev–Trinajstić information content (AvgIpc) is 2.45. The smallest absolute Gasteiger partial charge is 0.115 e. The van der Waals surface area contributed by atoms with E-state index in [1.807, 2.05) is 12.1 Å². The van der Waals surface area contributed by atoms with Crippen molar-refractivity contribution in [1.29, 1.82) is 0 Å². The molecule has 1 aromatic carbocycles. The van der Waals surface area contributed by atoms with E-state index in [4.69, 9.17) is 0 Å². The lowest BCUT2D eigenvalue weighted by Crippen LogP contribution is -2.54. The molecule has 0 saturated carbocycles. The number of piperidine rings is 1. The van der Waals surface area contributed by atoms with E-state index >= 15 is 0 Å². The van der Waals surface area contributed by atoms with Gasteiger partial charge >= 0.3 is 0 Å². The van der Waals surface area contributed by atoms with Crippen molar-refractivity contribution in [2.75, 3.05) is 6.54 Å². The molecule has 1 aromatic rings. The highest BCUT2D eigenvalue weighted by atomic mass is 16.3. The van der Waals surface area contributed by atoms with E-state index in [1.54, 1.807) is 0 Å². The lowest BCUT2D eigenvalue weighted by atomic mass is 9.57. The third kappa shape index (κ3) is 2.05. The lowest BCUT2D eigenvalue weighted by molar-refractivity contribution is 0.0710. The first-order valence-corrected chi connectivity index (χ1v) is 8.13. The Labute approximate surface area is 122 Å². The molecule has 1 fully saturated rings. The zero-order chi connectivity index (χ0) is 14.3. The van der Waals surface area contributed by atoms with Crippen molar-refractivity contribution in [1.82, 2.24) is 5.32 Å². The first kappa shape index (κ1) is 13.9. The van der Waals surface area contributed by atoms with Gasteiger partial charge in [-0.15, -0.1) is 0 Å². The average molecular weight is 273 g/mol. The molecule has 110 valence electrons. The van der Waals surface area contributed by atoms with Crippen LogP contribution in [0.1, 0.15) is 57.1 Å². The Bertz CT molecular complexity index is 494. The van der Waals surface area contributed by atoms with Crippen LogP contribution in [0.5, 0.6) is 5.75 Å². The monoisotopic (exact) mass is 273 g/mol. The van der Waals surface area contributed by atoms with Gasteiger partial charge in [-0.1, -0.05) is 39.7 Å². The van der Waals surface area contributed by atoms with E-state index in [2.05, 4.69) is 32.2 Å². The highest BCUT2D eigenvalue weighted by Gasteiger charge is 2.47. The second-order valence-corrected chi connectivity index (χ2v) is 6.97. The van der Waals surface area contributed by atoms with E-state index < -0.39 is 0 Å². The van der Waals surface area contributed by atoms with Gasteiger partial charge in [0.05, 0.1) is 0 Å². The van der Waals surface area contributed by atoms with Crippen molar-refractivity contribution >= 4 is 0 Å². The molecule has 20 heavy (non-hydrogen) atoms. The van der Waals surface area contributed by atoms with Crippen LogP contribution in [0.3, 0.4) is 0 Å². The number of hydrogen-bond donors (Lipinski definition) is 2. The van der Waals surface area contributed by atoms with Crippen LogP contribution in [0.4, 0.5) is 0 Å². The third-order valence-electron chi connectivity index (χ3n) is 5.98. The predicted molar refractivity (Wildman–Crippen MR) is 83.1 cm³/mol. The van der Waals surface area contributed by atoms with Gasteiger partial charge in [0, 0.05) is 12.6 Å². The summed E-state index contributed by atoms with van der Waals surface area (Å²) in [5.74, 6) is 1.76. The second-order valence-electron chi connectivity index (χ2n) is 6.97. The number of phenols is 1. The van der Waals surface area contributed by atoms with Crippen molar-refractivity contribution in [3.8, 4) is 5.75 Å². The highest BCUT2D eigenvalue weighted by Crippen LogP contribution is 2.52. The van der Waals surface area contributed by atoms with Gasteiger partial charge < -0.3 is 10.4 Å². The first-order chi connectivity index (χ1) is 9.58. The van der Waals surface area contributed by atoms with Crippen LogP contribution in [0, 0.1) is 11.3 Å². The minimum absolute atomic E-state index is 0.308. The van der Waals surface area contributed by atoms with Crippen LogP contribution in [-0.4, -0.2) is 17.7 Å².